The molecular formula is C47H26N6O. The number of nitrogens with zero attached hydrogens (tertiary/aromatic N) is 6. The van der Waals surface area contributed by atoms with Crippen LogP contribution in [0.1, 0.15) is 11.1 Å². The van der Waals surface area contributed by atoms with Crippen molar-refractivity contribution in [2.45, 2.75) is 0 Å². The minimum absolute atomic E-state index is 0.446. The number of para-hydroxylation sites is 1. The molecule has 250 valence electrons. The van der Waals surface area contributed by atoms with Crippen LogP contribution in [0.3, 0.4) is 0 Å². The van der Waals surface area contributed by atoms with Crippen molar-refractivity contribution in [1.29, 1.82) is 10.5 Å². The number of hydrogen-bond donors (Lipinski definition) is 0. The van der Waals surface area contributed by atoms with E-state index in [1.807, 2.05) is 91.0 Å². The van der Waals surface area contributed by atoms with Crippen LogP contribution < -0.4 is 0 Å². The zero-order valence-corrected chi connectivity index (χ0v) is 28.6. The van der Waals surface area contributed by atoms with E-state index in [1.54, 1.807) is 6.07 Å². The smallest absolute Gasteiger partial charge is 0.164 e. The van der Waals surface area contributed by atoms with Gasteiger partial charge in [0.1, 0.15) is 11.2 Å². The van der Waals surface area contributed by atoms with Crippen LogP contribution >= 0.6 is 0 Å². The molecule has 0 aliphatic carbocycles. The summed E-state index contributed by atoms with van der Waals surface area (Å²) in [5.41, 5.74) is 9.98. The number of rotatable bonds is 5. The molecule has 7 aromatic carbocycles. The first-order valence-corrected chi connectivity index (χ1v) is 17.5. The summed E-state index contributed by atoms with van der Waals surface area (Å²) in [7, 11) is 0. The number of nitriles is 2. The molecule has 7 nitrogen and oxygen atoms in total. The minimum atomic E-state index is 0.446. The van der Waals surface area contributed by atoms with Crippen molar-refractivity contribution in [1.82, 2.24) is 19.5 Å². The molecule has 3 aromatic heterocycles. The van der Waals surface area contributed by atoms with Gasteiger partial charge in [-0.1, -0.05) is 84.9 Å². The second-order valence-corrected chi connectivity index (χ2v) is 13.1. The number of hydrogen-bond acceptors (Lipinski definition) is 6. The lowest BCUT2D eigenvalue weighted by atomic mass is 9.99. The minimum Gasteiger partial charge on any atom is -0.456 e. The zero-order chi connectivity index (χ0) is 36.2. The number of fused-ring (bicyclic) bond motifs is 6. The highest BCUT2D eigenvalue weighted by atomic mass is 16.3. The Bertz CT molecular complexity index is 3090. The molecule has 0 aliphatic rings. The van der Waals surface area contributed by atoms with E-state index in [-0.39, 0.29) is 0 Å². The number of benzene rings is 7. The monoisotopic (exact) mass is 690 g/mol. The number of furan rings is 1. The average Bonchev–Trinajstić information content (AvgIpc) is 3.78. The van der Waals surface area contributed by atoms with Crippen LogP contribution in [0.25, 0.3) is 94.7 Å². The molecule has 0 unspecified atom stereocenters. The van der Waals surface area contributed by atoms with Crippen LogP contribution in [0.2, 0.25) is 0 Å². The molecule has 0 N–H and O–H groups in total. The lowest BCUT2D eigenvalue weighted by molar-refractivity contribution is 0.669. The Morgan fingerprint density at radius 2 is 0.944 bits per heavy atom. The van der Waals surface area contributed by atoms with Gasteiger partial charge in [0.25, 0.3) is 0 Å². The molecule has 0 saturated carbocycles. The van der Waals surface area contributed by atoms with Gasteiger partial charge in [0.05, 0.1) is 34.3 Å². The van der Waals surface area contributed by atoms with E-state index in [0.29, 0.717) is 28.6 Å². The maximum Gasteiger partial charge on any atom is 0.164 e. The molecule has 3 heterocycles. The van der Waals surface area contributed by atoms with Crippen LogP contribution in [0.4, 0.5) is 0 Å². The van der Waals surface area contributed by atoms with Gasteiger partial charge in [-0.05, 0) is 83.9 Å². The van der Waals surface area contributed by atoms with Gasteiger partial charge >= 0.3 is 0 Å². The number of aromatic nitrogens is 4. The third-order valence-corrected chi connectivity index (χ3v) is 9.87. The highest BCUT2D eigenvalue weighted by Gasteiger charge is 2.18. The maximum atomic E-state index is 9.58. The van der Waals surface area contributed by atoms with Crippen LogP contribution in [-0.2, 0) is 0 Å². The quantitative estimate of drug-likeness (QED) is 0.178. The Balaban J connectivity index is 1.13. The molecule has 7 heteroatoms. The molecule has 10 rings (SSSR count). The van der Waals surface area contributed by atoms with Crippen LogP contribution in [-0.4, -0.2) is 19.5 Å². The summed E-state index contributed by atoms with van der Waals surface area (Å²) in [5.74, 6) is 1.84. The first kappa shape index (κ1) is 30.9. The summed E-state index contributed by atoms with van der Waals surface area (Å²) in [6, 6.07) is 56.7. The maximum absolute atomic E-state index is 9.58. The van der Waals surface area contributed by atoms with Gasteiger partial charge in [-0.15, -0.1) is 0 Å². The molecular weight excluding hydrogens is 665 g/mol. The molecule has 0 spiro atoms. The van der Waals surface area contributed by atoms with E-state index in [0.717, 1.165) is 77.2 Å². The SMILES string of the molecule is N#Cc1cc(C#N)cc(-c2ccc3oc4ccc(-n5c6ccccc6c6cc(-c7nc(-c8ccccc8)nc(-c8ccccc8)n7)ccc65)cc4c3c2)c1. The summed E-state index contributed by atoms with van der Waals surface area (Å²) in [6.45, 7) is 0. The first-order valence-electron chi connectivity index (χ1n) is 17.5. The fraction of sp³-hybridized carbons (Fsp3) is 0. The molecule has 0 amide bonds. The van der Waals surface area contributed by atoms with Crippen LogP contribution in [0.5, 0.6) is 0 Å². The van der Waals surface area contributed by atoms with Crippen molar-refractivity contribution < 1.29 is 4.42 Å². The highest BCUT2D eigenvalue weighted by molar-refractivity contribution is 6.11. The lowest BCUT2D eigenvalue weighted by Crippen LogP contribution is -2.00. The van der Waals surface area contributed by atoms with Crippen molar-refractivity contribution in [2.24, 2.45) is 0 Å². The van der Waals surface area contributed by atoms with E-state index in [1.165, 1.54) is 0 Å². The summed E-state index contributed by atoms with van der Waals surface area (Å²) in [4.78, 5) is 14.8. The molecule has 10 aromatic rings. The van der Waals surface area contributed by atoms with Crippen molar-refractivity contribution in [3.8, 4) is 63.1 Å². The standard InChI is InChI=1S/C47H26N6O/c48-27-29-21-30(28-49)23-35(22-29)33-16-19-43-39(24-33)40-26-36(17-20-44(40)54-43)53-41-14-8-7-13-37(41)38-25-34(15-18-42(38)53)47-51-45(31-9-3-1-4-10-31)50-46(52-47)32-11-5-2-6-12-32/h1-26H. The fourth-order valence-electron chi connectivity index (χ4n) is 7.34. The Hall–Kier alpha value is -7.87. The Morgan fingerprint density at radius 1 is 0.407 bits per heavy atom. The van der Waals surface area contributed by atoms with Crippen molar-refractivity contribution in [3.05, 3.63) is 169 Å². The van der Waals surface area contributed by atoms with Gasteiger partial charge in [0.2, 0.25) is 0 Å². The highest BCUT2D eigenvalue weighted by Crippen LogP contribution is 2.38. The summed E-state index contributed by atoms with van der Waals surface area (Å²) < 4.78 is 8.58. The third-order valence-electron chi connectivity index (χ3n) is 9.87. The summed E-state index contributed by atoms with van der Waals surface area (Å²) in [6.07, 6.45) is 0. The largest absolute Gasteiger partial charge is 0.456 e. The predicted octanol–water partition coefficient (Wildman–Crippen LogP) is 11.3. The Kier molecular flexibility index (Phi) is 7.11. The van der Waals surface area contributed by atoms with E-state index in [9.17, 15) is 10.5 Å². The van der Waals surface area contributed by atoms with Gasteiger partial charge in [-0.2, -0.15) is 10.5 Å². The van der Waals surface area contributed by atoms with Gasteiger partial charge < -0.3 is 8.98 Å². The summed E-state index contributed by atoms with van der Waals surface area (Å²) >= 11 is 0. The van der Waals surface area contributed by atoms with Crippen molar-refractivity contribution in [2.75, 3.05) is 0 Å². The van der Waals surface area contributed by atoms with E-state index in [2.05, 4.69) is 77.4 Å². The van der Waals surface area contributed by atoms with Crippen LogP contribution in [0, 0.1) is 22.7 Å². The van der Waals surface area contributed by atoms with Gasteiger partial charge in [-0.25, -0.2) is 15.0 Å². The van der Waals surface area contributed by atoms with Crippen molar-refractivity contribution in [3.63, 3.8) is 0 Å². The first-order chi connectivity index (χ1) is 26.6. The molecule has 0 atom stereocenters. The van der Waals surface area contributed by atoms with Gasteiger partial charge in [0.15, 0.2) is 17.5 Å². The molecule has 0 bridgehead atoms. The molecule has 0 saturated heterocycles. The molecule has 0 radical (unpaired) electrons. The Morgan fingerprint density at radius 3 is 1.61 bits per heavy atom. The summed E-state index contributed by atoms with van der Waals surface area (Å²) in [5, 5.41) is 23.3. The molecule has 0 aliphatic heterocycles. The molecule has 54 heavy (non-hydrogen) atoms. The van der Waals surface area contributed by atoms with E-state index in [4.69, 9.17) is 19.4 Å². The van der Waals surface area contributed by atoms with Crippen LogP contribution in [0.15, 0.2) is 162 Å². The van der Waals surface area contributed by atoms with Gasteiger partial charge in [0, 0.05) is 43.9 Å². The molecule has 0 fully saturated rings. The Labute approximate surface area is 309 Å². The van der Waals surface area contributed by atoms with E-state index >= 15 is 0 Å². The predicted molar refractivity (Wildman–Crippen MR) is 213 cm³/mol. The second-order valence-electron chi connectivity index (χ2n) is 13.1. The zero-order valence-electron chi connectivity index (χ0n) is 28.6. The van der Waals surface area contributed by atoms with Gasteiger partial charge in [-0.3, -0.25) is 0 Å². The topological polar surface area (TPSA) is 104 Å². The van der Waals surface area contributed by atoms with E-state index < -0.39 is 0 Å². The average molecular weight is 691 g/mol. The second kappa shape index (κ2) is 12.4. The lowest BCUT2D eigenvalue weighted by Gasteiger charge is -2.10. The fourth-order valence-corrected chi connectivity index (χ4v) is 7.34. The van der Waals surface area contributed by atoms with Crippen molar-refractivity contribution >= 4 is 43.7 Å². The normalized spacial score (nSPS) is 11.3. The third kappa shape index (κ3) is 5.16.